The number of fused-ring (bicyclic) bond motifs is 3. The summed E-state index contributed by atoms with van der Waals surface area (Å²) in [5.74, 6) is 2.43. The molecule has 0 heterocycles. The van der Waals surface area contributed by atoms with Gasteiger partial charge in [-0.15, -0.1) is 0 Å². The van der Waals surface area contributed by atoms with Crippen molar-refractivity contribution < 1.29 is 0 Å². The van der Waals surface area contributed by atoms with Gasteiger partial charge in [-0.05, 0) is 49.2 Å². The van der Waals surface area contributed by atoms with Gasteiger partial charge in [-0.1, -0.05) is 0 Å². The quantitative estimate of drug-likeness (QED) is 0.616. The molecule has 0 N–H and O–H groups in total. The highest BCUT2D eigenvalue weighted by Crippen LogP contribution is 2.54. The fourth-order valence-electron chi connectivity index (χ4n) is 2.86. The zero-order valence-corrected chi connectivity index (χ0v) is 9.11. The molecule has 0 aliphatic heterocycles. The third-order valence-electron chi connectivity index (χ3n) is 3.71. The normalized spacial score (nSPS) is 17.1. The minimum atomic E-state index is 0.824. The Morgan fingerprint density at radius 3 is 1.75 bits per heavy atom. The van der Waals surface area contributed by atoms with Gasteiger partial charge in [0, 0.05) is 24.0 Å². The van der Waals surface area contributed by atoms with Crippen LogP contribution in [0.15, 0.2) is 48.5 Å². The lowest BCUT2D eigenvalue weighted by molar-refractivity contribution is 0.923. The fraction of sp³-hybridized carbons (Fsp3) is 0.188. The van der Waals surface area contributed by atoms with E-state index >= 15 is 0 Å². The molecule has 0 saturated heterocycles. The van der Waals surface area contributed by atoms with E-state index in [1.54, 1.807) is 5.92 Å². The lowest BCUT2D eigenvalue weighted by Crippen LogP contribution is -1.99. The van der Waals surface area contributed by atoms with E-state index in [9.17, 15) is 0 Å². The molecule has 2 aliphatic rings. The van der Waals surface area contributed by atoms with Gasteiger partial charge >= 0.3 is 0 Å². The second-order valence-electron chi connectivity index (χ2n) is 4.78. The van der Waals surface area contributed by atoms with Crippen LogP contribution in [-0.4, -0.2) is 0 Å². The molecule has 0 aromatic heterocycles. The topological polar surface area (TPSA) is 0 Å². The Bertz CT molecular complexity index is 504. The largest absolute Gasteiger partial charge is 0.0919 e. The van der Waals surface area contributed by atoms with Crippen LogP contribution in [0.2, 0.25) is 0 Å². The van der Waals surface area contributed by atoms with E-state index in [0.717, 1.165) is 5.92 Å². The molecule has 76 valence electrons. The summed E-state index contributed by atoms with van der Waals surface area (Å²) in [6.45, 7) is 0. The van der Waals surface area contributed by atoms with Crippen molar-refractivity contribution in [1.82, 2.24) is 0 Å². The molecule has 16 heavy (non-hydrogen) atoms. The molecule has 0 spiro atoms. The highest BCUT2D eigenvalue weighted by Gasteiger charge is 2.45. The fourth-order valence-corrected chi connectivity index (χ4v) is 2.86. The first-order valence-corrected chi connectivity index (χ1v) is 6.01. The van der Waals surface area contributed by atoms with Crippen molar-refractivity contribution in [3.63, 3.8) is 0 Å². The standard InChI is InChI=1S/C16H13/c1-3-7-14-12(5-1)13-6-2-4-8-15(13)16(14)11-9-10-11/h1-8,11H,9-10H2/q+1. The van der Waals surface area contributed by atoms with Gasteiger partial charge in [-0.3, -0.25) is 0 Å². The van der Waals surface area contributed by atoms with E-state index in [4.69, 9.17) is 0 Å². The lowest BCUT2D eigenvalue weighted by Gasteiger charge is -2.04. The Morgan fingerprint density at radius 1 is 0.750 bits per heavy atom. The zero-order valence-electron chi connectivity index (χ0n) is 9.11. The molecule has 0 bridgehead atoms. The maximum absolute atomic E-state index is 2.28. The van der Waals surface area contributed by atoms with E-state index in [2.05, 4.69) is 48.5 Å². The predicted octanol–water partition coefficient (Wildman–Crippen LogP) is 4.05. The van der Waals surface area contributed by atoms with Crippen LogP contribution < -0.4 is 0 Å². The molecule has 0 radical (unpaired) electrons. The molecule has 2 aliphatic carbocycles. The van der Waals surface area contributed by atoms with Crippen LogP contribution in [0.1, 0.15) is 24.0 Å². The van der Waals surface area contributed by atoms with E-state index in [1.165, 1.54) is 35.1 Å². The second-order valence-corrected chi connectivity index (χ2v) is 4.78. The summed E-state index contributed by atoms with van der Waals surface area (Å²) in [6.07, 6.45) is 2.75. The van der Waals surface area contributed by atoms with Crippen molar-refractivity contribution in [1.29, 1.82) is 0 Å². The van der Waals surface area contributed by atoms with Crippen LogP contribution >= 0.6 is 0 Å². The summed E-state index contributed by atoms with van der Waals surface area (Å²) in [5, 5.41) is 0. The van der Waals surface area contributed by atoms with Crippen LogP contribution in [0.25, 0.3) is 11.1 Å². The summed E-state index contributed by atoms with van der Waals surface area (Å²) in [7, 11) is 0. The smallest absolute Gasteiger partial charge is 0.0452 e. The molecule has 0 nitrogen and oxygen atoms in total. The highest BCUT2D eigenvalue weighted by atomic mass is 14.4. The number of rotatable bonds is 1. The Balaban J connectivity index is 2.01. The van der Waals surface area contributed by atoms with Gasteiger partial charge in [0.15, 0.2) is 0 Å². The van der Waals surface area contributed by atoms with Crippen molar-refractivity contribution in [2.24, 2.45) is 5.92 Å². The molecule has 0 heteroatoms. The maximum Gasteiger partial charge on any atom is 0.0919 e. The molecule has 1 fully saturated rings. The Labute approximate surface area is 95.9 Å². The average Bonchev–Trinajstić information content (AvgIpc) is 3.11. The molecular weight excluding hydrogens is 192 g/mol. The van der Waals surface area contributed by atoms with E-state index in [0.29, 0.717) is 0 Å². The van der Waals surface area contributed by atoms with E-state index in [-0.39, 0.29) is 0 Å². The molecular formula is C16H13+. The minimum absolute atomic E-state index is 0.824. The summed E-state index contributed by atoms with van der Waals surface area (Å²) in [4.78, 5) is 0. The molecule has 2 aromatic rings. The van der Waals surface area contributed by atoms with Gasteiger partial charge in [-0.25, -0.2) is 0 Å². The SMILES string of the molecule is c1ccc2c(c1)-c1ccccc1[C+]2C1CC1. The maximum atomic E-state index is 2.28. The molecule has 4 rings (SSSR count). The van der Waals surface area contributed by atoms with Crippen LogP contribution in [0.5, 0.6) is 0 Å². The van der Waals surface area contributed by atoms with Crippen molar-refractivity contribution in [2.75, 3.05) is 0 Å². The van der Waals surface area contributed by atoms with Gasteiger partial charge in [-0.2, -0.15) is 0 Å². The second kappa shape index (κ2) is 2.91. The van der Waals surface area contributed by atoms with Gasteiger partial charge < -0.3 is 0 Å². The van der Waals surface area contributed by atoms with Crippen LogP contribution in [0.4, 0.5) is 0 Å². The average molecular weight is 205 g/mol. The first-order chi connectivity index (χ1) is 7.95. The Hall–Kier alpha value is -1.69. The van der Waals surface area contributed by atoms with Crippen molar-refractivity contribution >= 4 is 0 Å². The molecule has 2 aromatic carbocycles. The first kappa shape index (κ1) is 8.46. The molecule has 1 saturated carbocycles. The Kier molecular flexibility index (Phi) is 1.54. The Morgan fingerprint density at radius 2 is 1.25 bits per heavy atom. The predicted molar refractivity (Wildman–Crippen MR) is 66.0 cm³/mol. The van der Waals surface area contributed by atoms with Crippen molar-refractivity contribution in [3.8, 4) is 11.1 Å². The molecule has 0 atom stereocenters. The summed E-state index contributed by atoms with van der Waals surface area (Å²) in [5.41, 5.74) is 5.82. The van der Waals surface area contributed by atoms with E-state index in [1.807, 2.05) is 0 Å². The zero-order chi connectivity index (χ0) is 10.5. The summed E-state index contributed by atoms with van der Waals surface area (Å²) < 4.78 is 0. The van der Waals surface area contributed by atoms with Crippen LogP contribution in [0.3, 0.4) is 0 Å². The van der Waals surface area contributed by atoms with Gasteiger partial charge in [0.1, 0.15) is 0 Å². The molecule has 0 unspecified atom stereocenters. The summed E-state index contributed by atoms with van der Waals surface area (Å²) >= 11 is 0. The van der Waals surface area contributed by atoms with Gasteiger partial charge in [0.2, 0.25) is 0 Å². The summed E-state index contributed by atoms with van der Waals surface area (Å²) in [6, 6.07) is 17.7. The van der Waals surface area contributed by atoms with Crippen molar-refractivity contribution in [3.05, 3.63) is 65.6 Å². The van der Waals surface area contributed by atoms with Gasteiger partial charge in [0.05, 0.1) is 22.3 Å². The number of benzene rings is 2. The van der Waals surface area contributed by atoms with Crippen LogP contribution in [0, 0.1) is 11.8 Å². The first-order valence-electron chi connectivity index (χ1n) is 6.01. The lowest BCUT2D eigenvalue weighted by atomic mass is 9.92. The van der Waals surface area contributed by atoms with Crippen LogP contribution in [-0.2, 0) is 0 Å². The van der Waals surface area contributed by atoms with Crippen molar-refractivity contribution in [2.45, 2.75) is 12.8 Å². The number of hydrogen-bond donors (Lipinski definition) is 0. The number of hydrogen-bond acceptors (Lipinski definition) is 0. The van der Waals surface area contributed by atoms with E-state index < -0.39 is 0 Å². The monoisotopic (exact) mass is 205 g/mol. The third-order valence-corrected chi connectivity index (χ3v) is 3.71. The third kappa shape index (κ3) is 1.02. The minimum Gasteiger partial charge on any atom is -0.0452 e. The molecule has 0 amide bonds. The van der Waals surface area contributed by atoms with Gasteiger partial charge in [0.25, 0.3) is 0 Å². The highest BCUT2D eigenvalue weighted by molar-refractivity contribution is 5.84.